The van der Waals surface area contributed by atoms with Gasteiger partial charge in [-0.2, -0.15) is 0 Å². The van der Waals surface area contributed by atoms with Crippen molar-refractivity contribution < 1.29 is 9.90 Å². The maximum Gasteiger partial charge on any atom is 0.326 e. The molecular weight excluding hydrogens is 250 g/mol. The Balaban J connectivity index is 1.88. The molecule has 1 aliphatic rings. The van der Waals surface area contributed by atoms with Crippen LogP contribution in [-0.4, -0.2) is 22.6 Å². The third-order valence-corrected chi connectivity index (χ3v) is 4.48. The molecule has 6 heteroatoms. The van der Waals surface area contributed by atoms with Crippen molar-refractivity contribution in [3.63, 3.8) is 0 Å². The standard InChI is InChI=1S/C12H19N3O2S/c1-7-3-2-4-8(7)5-14-12-15-9(6-18-12)10(13)11(16)17/h6-8,10H,2-5,13H2,1H3,(H,14,15)(H,16,17). The highest BCUT2D eigenvalue weighted by molar-refractivity contribution is 7.13. The van der Waals surface area contributed by atoms with Crippen LogP contribution < -0.4 is 11.1 Å². The van der Waals surface area contributed by atoms with Gasteiger partial charge in [0.15, 0.2) is 5.13 Å². The molecule has 4 N–H and O–H groups in total. The Kier molecular flexibility index (Phi) is 4.19. The van der Waals surface area contributed by atoms with Crippen LogP contribution in [0.15, 0.2) is 5.38 Å². The third kappa shape index (κ3) is 3.00. The average molecular weight is 269 g/mol. The molecule has 1 aromatic rings. The molecule has 1 saturated carbocycles. The first-order valence-corrected chi connectivity index (χ1v) is 7.13. The summed E-state index contributed by atoms with van der Waals surface area (Å²) in [6.07, 6.45) is 3.88. The van der Waals surface area contributed by atoms with E-state index in [0.29, 0.717) is 11.6 Å². The zero-order valence-corrected chi connectivity index (χ0v) is 11.2. The molecule has 1 aliphatic carbocycles. The molecule has 0 spiro atoms. The van der Waals surface area contributed by atoms with Crippen LogP contribution in [0.25, 0.3) is 0 Å². The van der Waals surface area contributed by atoms with Gasteiger partial charge in [0.1, 0.15) is 6.04 Å². The Labute approximate surface area is 110 Å². The summed E-state index contributed by atoms with van der Waals surface area (Å²) in [7, 11) is 0. The molecule has 2 rings (SSSR count). The number of hydrogen-bond donors (Lipinski definition) is 3. The molecule has 0 amide bonds. The first kappa shape index (κ1) is 13.3. The Hall–Kier alpha value is -1.14. The summed E-state index contributed by atoms with van der Waals surface area (Å²) in [5.74, 6) is 0.417. The van der Waals surface area contributed by atoms with E-state index >= 15 is 0 Å². The van der Waals surface area contributed by atoms with Crippen molar-refractivity contribution in [2.45, 2.75) is 32.2 Å². The number of carboxylic acids is 1. The fraction of sp³-hybridized carbons (Fsp3) is 0.667. The number of nitrogens with one attached hydrogen (secondary N) is 1. The second-order valence-corrected chi connectivity index (χ2v) is 5.80. The van der Waals surface area contributed by atoms with Crippen LogP contribution >= 0.6 is 11.3 Å². The molecule has 0 radical (unpaired) electrons. The van der Waals surface area contributed by atoms with Gasteiger partial charge in [-0.15, -0.1) is 11.3 Å². The highest BCUT2D eigenvalue weighted by Gasteiger charge is 2.23. The van der Waals surface area contributed by atoms with E-state index in [1.807, 2.05) is 0 Å². The summed E-state index contributed by atoms with van der Waals surface area (Å²) in [4.78, 5) is 15.0. The number of nitrogens with zero attached hydrogens (tertiary/aromatic N) is 1. The molecule has 100 valence electrons. The Bertz CT molecular complexity index is 421. The normalized spacial score (nSPS) is 25.0. The van der Waals surface area contributed by atoms with Crippen molar-refractivity contribution in [2.24, 2.45) is 17.6 Å². The van der Waals surface area contributed by atoms with Gasteiger partial charge < -0.3 is 16.2 Å². The van der Waals surface area contributed by atoms with Gasteiger partial charge in [-0.1, -0.05) is 19.8 Å². The first-order valence-electron chi connectivity index (χ1n) is 6.25. The van der Waals surface area contributed by atoms with Gasteiger partial charge in [-0.3, -0.25) is 4.79 Å². The molecule has 0 bridgehead atoms. The number of aliphatic carboxylic acids is 1. The lowest BCUT2D eigenvalue weighted by molar-refractivity contribution is -0.138. The minimum absolute atomic E-state index is 0.425. The summed E-state index contributed by atoms with van der Waals surface area (Å²) < 4.78 is 0. The summed E-state index contributed by atoms with van der Waals surface area (Å²) in [5.41, 5.74) is 5.93. The van der Waals surface area contributed by atoms with Crippen LogP contribution in [0.5, 0.6) is 0 Å². The van der Waals surface area contributed by atoms with E-state index in [9.17, 15) is 4.79 Å². The molecule has 0 aliphatic heterocycles. The van der Waals surface area contributed by atoms with Gasteiger partial charge in [0.25, 0.3) is 0 Å². The quantitative estimate of drug-likeness (QED) is 0.761. The molecule has 3 atom stereocenters. The molecule has 0 saturated heterocycles. The molecule has 1 fully saturated rings. The number of aromatic nitrogens is 1. The maximum absolute atomic E-state index is 10.7. The van der Waals surface area contributed by atoms with Crippen LogP contribution in [0.3, 0.4) is 0 Å². The number of rotatable bonds is 5. The van der Waals surface area contributed by atoms with Crippen LogP contribution in [0.2, 0.25) is 0 Å². The van der Waals surface area contributed by atoms with Crippen LogP contribution in [0, 0.1) is 11.8 Å². The molecule has 1 heterocycles. The van der Waals surface area contributed by atoms with E-state index in [-0.39, 0.29) is 0 Å². The highest BCUT2D eigenvalue weighted by atomic mass is 32.1. The number of nitrogens with two attached hydrogens (primary N) is 1. The molecule has 0 aromatic carbocycles. The minimum Gasteiger partial charge on any atom is -0.480 e. The summed E-state index contributed by atoms with van der Waals surface area (Å²) in [6, 6.07) is -1.03. The fourth-order valence-electron chi connectivity index (χ4n) is 2.38. The monoisotopic (exact) mass is 269 g/mol. The average Bonchev–Trinajstić information content (AvgIpc) is 2.94. The van der Waals surface area contributed by atoms with Gasteiger partial charge >= 0.3 is 5.97 Å². The topological polar surface area (TPSA) is 88.2 Å². The van der Waals surface area contributed by atoms with E-state index in [2.05, 4.69) is 17.2 Å². The molecule has 18 heavy (non-hydrogen) atoms. The molecule has 3 unspecified atom stereocenters. The number of thiazole rings is 1. The number of anilines is 1. The molecule has 1 aromatic heterocycles. The maximum atomic E-state index is 10.7. The van der Waals surface area contributed by atoms with E-state index in [0.717, 1.165) is 17.6 Å². The summed E-state index contributed by atoms with van der Waals surface area (Å²) >= 11 is 1.41. The molecule has 5 nitrogen and oxygen atoms in total. The van der Waals surface area contributed by atoms with Gasteiger partial charge in [0, 0.05) is 11.9 Å². The van der Waals surface area contributed by atoms with Crippen molar-refractivity contribution in [2.75, 3.05) is 11.9 Å². The zero-order chi connectivity index (χ0) is 13.1. The summed E-state index contributed by atoms with van der Waals surface area (Å²) in [6.45, 7) is 3.20. The first-order chi connectivity index (χ1) is 8.58. The number of carbonyl (C=O) groups is 1. The van der Waals surface area contributed by atoms with Gasteiger partial charge in [0.05, 0.1) is 5.69 Å². The Morgan fingerprint density at radius 2 is 2.50 bits per heavy atom. The Morgan fingerprint density at radius 3 is 3.11 bits per heavy atom. The van der Waals surface area contributed by atoms with Gasteiger partial charge in [-0.05, 0) is 18.3 Å². The lowest BCUT2D eigenvalue weighted by Gasteiger charge is -2.15. The van der Waals surface area contributed by atoms with E-state index < -0.39 is 12.0 Å². The van der Waals surface area contributed by atoms with Crippen molar-refractivity contribution in [3.05, 3.63) is 11.1 Å². The number of carboxylic acid groups (broad SMARTS) is 1. The van der Waals surface area contributed by atoms with E-state index in [4.69, 9.17) is 10.8 Å². The predicted molar refractivity (Wildman–Crippen MR) is 71.7 cm³/mol. The number of hydrogen-bond acceptors (Lipinski definition) is 5. The lowest BCUT2D eigenvalue weighted by Crippen LogP contribution is -2.21. The van der Waals surface area contributed by atoms with Crippen molar-refractivity contribution in [1.29, 1.82) is 0 Å². The van der Waals surface area contributed by atoms with E-state index in [1.165, 1.54) is 30.6 Å². The fourth-order valence-corrected chi connectivity index (χ4v) is 3.14. The highest BCUT2D eigenvalue weighted by Crippen LogP contribution is 2.31. The zero-order valence-electron chi connectivity index (χ0n) is 10.4. The largest absolute Gasteiger partial charge is 0.480 e. The van der Waals surface area contributed by atoms with Crippen LogP contribution in [0.1, 0.15) is 37.9 Å². The van der Waals surface area contributed by atoms with Gasteiger partial charge in [-0.25, -0.2) is 4.98 Å². The van der Waals surface area contributed by atoms with Crippen LogP contribution in [0.4, 0.5) is 5.13 Å². The second-order valence-electron chi connectivity index (χ2n) is 4.94. The molecular formula is C12H19N3O2S. The van der Waals surface area contributed by atoms with Crippen molar-refractivity contribution in [3.8, 4) is 0 Å². The smallest absolute Gasteiger partial charge is 0.326 e. The minimum atomic E-state index is -1.05. The van der Waals surface area contributed by atoms with Crippen molar-refractivity contribution >= 4 is 22.4 Å². The van der Waals surface area contributed by atoms with Crippen molar-refractivity contribution in [1.82, 2.24) is 4.98 Å². The summed E-state index contributed by atoms with van der Waals surface area (Å²) in [5, 5.41) is 14.6. The van der Waals surface area contributed by atoms with Crippen LogP contribution in [-0.2, 0) is 4.79 Å². The third-order valence-electron chi connectivity index (χ3n) is 3.66. The lowest BCUT2D eigenvalue weighted by atomic mass is 9.98. The Morgan fingerprint density at radius 1 is 1.72 bits per heavy atom. The SMILES string of the molecule is CC1CCCC1CNc1nc(C(N)C(=O)O)cs1. The second kappa shape index (κ2) is 5.67. The van der Waals surface area contributed by atoms with E-state index in [1.54, 1.807) is 5.38 Å². The predicted octanol–water partition coefficient (Wildman–Crippen LogP) is 2.08. The van der Waals surface area contributed by atoms with Gasteiger partial charge in [0.2, 0.25) is 0 Å².